The molecule has 10 nitrogen and oxygen atoms in total. The summed E-state index contributed by atoms with van der Waals surface area (Å²) in [5.74, 6) is -1.60. The zero-order valence-electron chi connectivity index (χ0n) is 21.7. The number of aromatic nitrogens is 5. The first-order valence-electron chi connectivity index (χ1n) is 12.6. The fourth-order valence-corrected chi connectivity index (χ4v) is 5.85. The van der Waals surface area contributed by atoms with Crippen LogP contribution in [0.2, 0.25) is 0 Å². The molecule has 0 unspecified atom stereocenters. The predicted octanol–water partition coefficient (Wildman–Crippen LogP) is 5.04. The lowest BCUT2D eigenvalue weighted by molar-refractivity contribution is -0.120. The summed E-state index contributed by atoms with van der Waals surface area (Å²) < 4.78 is 39.4. The van der Waals surface area contributed by atoms with E-state index in [2.05, 4.69) is 19.8 Å². The number of nitrogens with one attached hydrogen (secondary N) is 1. The number of aryl methyl sites for hydroxylation is 2. The maximum atomic E-state index is 14.3. The van der Waals surface area contributed by atoms with E-state index in [0.717, 1.165) is 40.5 Å². The second-order valence-electron chi connectivity index (χ2n) is 9.46. The fourth-order valence-electron chi connectivity index (χ4n) is 5.16. The van der Waals surface area contributed by atoms with Crippen molar-refractivity contribution in [2.24, 2.45) is 0 Å². The van der Waals surface area contributed by atoms with Gasteiger partial charge in [0.25, 0.3) is 5.91 Å². The number of hydrogen-bond donors (Lipinski definition) is 1. The number of carbonyl (C=O) groups excluding carboxylic acids is 2. The van der Waals surface area contributed by atoms with Crippen molar-refractivity contribution in [2.45, 2.75) is 39.2 Å². The largest absolute Gasteiger partial charge is 0.361 e. The summed E-state index contributed by atoms with van der Waals surface area (Å²) in [4.78, 5) is 36.3. The molecule has 0 radical (unpaired) electrons. The summed E-state index contributed by atoms with van der Waals surface area (Å²) >= 11 is 1.02. The zero-order chi connectivity index (χ0) is 28.1. The molecule has 1 fully saturated rings. The van der Waals surface area contributed by atoms with Crippen molar-refractivity contribution in [1.82, 2.24) is 29.4 Å². The molecule has 13 heteroatoms. The van der Waals surface area contributed by atoms with Gasteiger partial charge in [0.1, 0.15) is 11.6 Å². The van der Waals surface area contributed by atoms with Crippen molar-refractivity contribution in [3.05, 3.63) is 71.1 Å². The van der Waals surface area contributed by atoms with E-state index in [9.17, 15) is 18.4 Å². The van der Waals surface area contributed by atoms with Gasteiger partial charge >= 0.3 is 0 Å². The first-order chi connectivity index (χ1) is 19.3. The molecule has 0 aliphatic carbocycles. The molecule has 1 aliphatic heterocycles. The van der Waals surface area contributed by atoms with Crippen LogP contribution in [0, 0.1) is 25.5 Å². The van der Waals surface area contributed by atoms with E-state index in [0.29, 0.717) is 40.6 Å². The normalized spacial score (nSPS) is 15.7. The smallest absolute Gasteiger partial charge is 0.289 e. The maximum Gasteiger partial charge on any atom is 0.289 e. The lowest BCUT2D eigenvalue weighted by atomic mass is 9.99. The summed E-state index contributed by atoms with van der Waals surface area (Å²) in [6.07, 6.45) is 1.36. The van der Waals surface area contributed by atoms with E-state index in [-0.39, 0.29) is 23.8 Å². The van der Waals surface area contributed by atoms with Gasteiger partial charge in [0.15, 0.2) is 11.6 Å². The van der Waals surface area contributed by atoms with Crippen molar-refractivity contribution in [3.8, 4) is 16.3 Å². The van der Waals surface area contributed by atoms with Crippen molar-refractivity contribution < 1.29 is 22.9 Å². The SMILES string of the molecule is CNC(=O)c1nsc(-n2c([C@@H]3CCCC(=O)N3c3ccc(F)c(F)c3)nc3cc(-c4c(C)noc4C)ccc32)n1. The van der Waals surface area contributed by atoms with Gasteiger partial charge < -0.3 is 14.7 Å². The van der Waals surface area contributed by atoms with Gasteiger partial charge in [0.2, 0.25) is 16.9 Å². The number of piperidine rings is 1. The van der Waals surface area contributed by atoms with Gasteiger partial charge in [0, 0.05) is 42.3 Å². The third-order valence-corrected chi connectivity index (χ3v) is 7.67. The maximum absolute atomic E-state index is 14.3. The Labute approximate surface area is 230 Å². The number of amides is 2. The molecular weight excluding hydrogens is 540 g/mol. The molecule has 4 heterocycles. The van der Waals surface area contributed by atoms with Crippen LogP contribution in [-0.2, 0) is 4.79 Å². The van der Waals surface area contributed by atoms with E-state index in [1.165, 1.54) is 18.0 Å². The minimum Gasteiger partial charge on any atom is -0.361 e. The Morgan fingerprint density at radius 2 is 1.95 bits per heavy atom. The number of halogens is 2. The van der Waals surface area contributed by atoms with Gasteiger partial charge in [-0.25, -0.2) is 13.8 Å². The van der Waals surface area contributed by atoms with E-state index in [1.807, 2.05) is 32.0 Å². The number of carbonyl (C=O) groups is 2. The Balaban J connectivity index is 1.56. The minimum atomic E-state index is -1.05. The van der Waals surface area contributed by atoms with Crippen LogP contribution in [0.25, 0.3) is 27.3 Å². The van der Waals surface area contributed by atoms with E-state index < -0.39 is 23.6 Å². The quantitative estimate of drug-likeness (QED) is 0.318. The molecular formula is C27H23F2N7O3S. The van der Waals surface area contributed by atoms with Crippen molar-refractivity contribution in [2.75, 3.05) is 11.9 Å². The lowest BCUT2D eigenvalue weighted by Crippen LogP contribution is -2.39. The first kappa shape index (κ1) is 25.7. The predicted molar refractivity (Wildman–Crippen MR) is 143 cm³/mol. The van der Waals surface area contributed by atoms with Crippen LogP contribution in [0.15, 0.2) is 40.9 Å². The topological polar surface area (TPSA) is 119 Å². The average molecular weight is 564 g/mol. The Morgan fingerprint density at radius 3 is 2.67 bits per heavy atom. The van der Waals surface area contributed by atoms with Gasteiger partial charge in [-0.2, -0.15) is 9.36 Å². The third-order valence-electron chi connectivity index (χ3n) is 6.97. The van der Waals surface area contributed by atoms with Crippen molar-refractivity contribution in [3.63, 3.8) is 0 Å². The Hall–Kier alpha value is -4.52. The van der Waals surface area contributed by atoms with Crippen LogP contribution in [0.3, 0.4) is 0 Å². The molecule has 1 atom stereocenters. The van der Waals surface area contributed by atoms with Gasteiger partial charge in [0.05, 0.1) is 22.8 Å². The fraction of sp³-hybridized carbons (Fsp3) is 0.259. The molecule has 2 amide bonds. The van der Waals surface area contributed by atoms with E-state index >= 15 is 0 Å². The molecule has 2 aromatic carbocycles. The summed E-state index contributed by atoms with van der Waals surface area (Å²) in [6.45, 7) is 3.69. The molecule has 0 bridgehead atoms. The molecule has 0 spiro atoms. The highest BCUT2D eigenvalue weighted by atomic mass is 32.1. The second kappa shape index (κ2) is 9.90. The number of benzene rings is 2. The van der Waals surface area contributed by atoms with Crippen LogP contribution in [0.4, 0.5) is 14.5 Å². The van der Waals surface area contributed by atoms with Crippen LogP contribution < -0.4 is 10.2 Å². The molecule has 1 aliphatic rings. The lowest BCUT2D eigenvalue weighted by Gasteiger charge is -2.35. The molecule has 5 aromatic rings. The highest BCUT2D eigenvalue weighted by molar-refractivity contribution is 7.08. The Morgan fingerprint density at radius 1 is 1.12 bits per heavy atom. The minimum absolute atomic E-state index is 0.000163. The number of anilines is 1. The third kappa shape index (κ3) is 4.22. The van der Waals surface area contributed by atoms with Gasteiger partial charge in [-0.15, -0.1) is 0 Å². The highest BCUT2D eigenvalue weighted by Crippen LogP contribution is 2.39. The van der Waals surface area contributed by atoms with Crippen molar-refractivity contribution >= 4 is 40.1 Å². The van der Waals surface area contributed by atoms with Crippen LogP contribution in [0.5, 0.6) is 0 Å². The zero-order valence-corrected chi connectivity index (χ0v) is 22.6. The first-order valence-corrected chi connectivity index (χ1v) is 13.3. The standard InChI is InChI=1S/C27H23F2N7O3S/c1-13-23(14(2)39-33-13)15-7-10-20-19(11-15)31-25(36(20)27-32-24(34-40-27)26(38)30-3)21-5-4-6-22(37)35(21)16-8-9-17(28)18(29)12-16/h7-12,21H,4-6H2,1-3H3,(H,30,38)/t21-/m0/s1. The summed E-state index contributed by atoms with van der Waals surface area (Å²) in [5, 5.41) is 6.95. The van der Waals surface area contributed by atoms with Crippen LogP contribution >= 0.6 is 11.5 Å². The number of hydrogen-bond acceptors (Lipinski definition) is 8. The second-order valence-corrected chi connectivity index (χ2v) is 10.2. The van der Waals surface area contributed by atoms with Crippen LogP contribution in [0.1, 0.15) is 53.2 Å². The van der Waals surface area contributed by atoms with Gasteiger partial charge in [-0.3, -0.25) is 14.2 Å². The van der Waals surface area contributed by atoms with Gasteiger partial charge in [-0.1, -0.05) is 11.2 Å². The average Bonchev–Trinajstić information content (AvgIpc) is 3.66. The summed E-state index contributed by atoms with van der Waals surface area (Å²) in [6, 6.07) is 8.47. The summed E-state index contributed by atoms with van der Waals surface area (Å²) in [7, 11) is 1.49. The molecule has 6 rings (SSSR count). The molecule has 1 saturated heterocycles. The Bertz CT molecular complexity index is 1770. The molecule has 3 aromatic heterocycles. The molecule has 0 saturated carbocycles. The van der Waals surface area contributed by atoms with Crippen molar-refractivity contribution in [1.29, 1.82) is 0 Å². The monoisotopic (exact) mass is 563 g/mol. The van der Waals surface area contributed by atoms with E-state index in [1.54, 1.807) is 4.57 Å². The molecule has 1 N–H and O–H groups in total. The van der Waals surface area contributed by atoms with Crippen LogP contribution in [-0.4, -0.2) is 42.9 Å². The highest BCUT2D eigenvalue weighted by Gasteiger charge is 2.35. The number of fused-ring (bicyclic) bond motifs is 1. The van der Waals surface area contributed by atoms with Gasteiger partial charge in [-0.05, 0) is 56.5 Å². The number of imidazole rings is 1. The Kier molecular flexibility index (Phi) is 6.37. The molecule has 40 heavy (non-hydrogen) atoms. The number of rotatable bonds is 5. The van der Waals surface area contributed by atoms with E-state index in [4.69, 9.17) is 9.51 Å². The number of nitrogens with zero attached hydrogens (tertiary/aromatic N) is 6. The molecule has 204 valence electrons. The summed E-state index contributed by atoms with van der Waals surface area (Å²) in [5.41, 5.74) is 3.94.